The molecule has 0 aliphatic heterocycles. The van der Waals surface area contributed by atoms with Gasteiger partial charge in [-0.15, -0.1) is 0 Å². The summed E-state index contributed by atoms with van der Waals surface area (Å²) in [5, 5.41) is 10.5. The predicted molar refractivity (Wildman–Crippen MR) is 83.6 cm³/mol. The third-order valence-electron chi connectivity index (χ3n) is 5.32. The lowest BCUT2D eigenvalue weighted by molar-refractivity contribution is 0.0937. The Morgan fingerprint density at radius 1 is 1.23 bits per heavy atom. The van der Waals surface area contributed by atoms with Gasteiger partial charge in [-0.1, -0.05) is 24.6 Å². The van der Waals surface area contributed by atoms with Crippen LogP contribution in [-0.4, -0.2) is 22.6 Å². The monoisotopic (exact) mass is 297 g/mol. The standard InChI is InChI=1S/C17H19N3O2/c21-16-14-4-2-1-3-13(14)15(19-20-16)17(22)18-9-12-8-10-5-6-11(12)7-10/h1-4,10-12H,5-9H2,(H,18,22)(H,20,21)/t10-,11+,12+/m0/s1. The van der Waals surface area contributed by atoms with E-state index in [-0.39, 0.29) is 11.5 Å². The van der Waals surface area contributed by atoms with Gasteiger partial charge in [0.1, 0.15) is 0 Å². The highest BCUT2D eigenvalue weighted by Gasteiger charge is 2.39. The van der Waals surface area contributed by atoms with Crippen molar-refractivity contribution in [3.05, 3.63) is 40.3 Å². The van der Waals surface area contributed by atoms with Crippen LogP contribution in [0.2, 0.25) is 0 Å². The molecular formula is C17H19N3O2. The van der Waals surface area contributed by atoms with Gasteiger partial charge in [0.05, 0.1) is 5.39 Å². The van der Waals surface area contributed by atoms with E-state index in [4.69, 9.17) is 0 Å². The van der Waals surface area contributed by atoms with Crippen molar-refractivity contribution in [2.24, 2.45) is 17.8 Å². The van der Waals surface area contributed by atoms with Crippen molar-refractivity contribution in [1.29, 1.82) is 0 Å². The molecule has 5 heteroatoms. The highest BCUT2D eigenvalue weighted by Crippen LogP contribution is 2.47. The van der Waals surface area contributed by atoms with Crippen LogP contribution in [0.1, 0.15) is 36.2 Å². The van der Waals surface area contributed by atoms with E-state index < -0.39 is 0 Å². The lowest BCUT2D eigenvalue weighted by atomic mass is 9.89. The molecule has 2 aliphatic carbocycles. The maximum absolute atomic E-state index is 12.4. The fraction of sp³-hybridized carbons (Fsp3) is 0.471. The molecular weight excluding hydrogens is 278 g/mol. The van der Waals surface area contributed by atoms with E-state index in [1.54, 1.807) is 18.2 Å². The van der Waals surface area contributed by atoms with Crippen LogP contribution in [0.25, 0.3) is 10.8 Å². The second-order valence-corrected chi connectivity index (χ2v) is 6.59. The second-order valence-electron chi connectivity index (χ2n) is 6.59. The van der Waals surface area contributed by atoms with E-state index in [0.29, 0.717) is 22.4 Å². The van der Waals surface area contributed by atoms with Crippen LogP contribution in [0, 0.1) is 17.8 Å². The zero-order valence-corrected chi connectivity index (χ0v) is 12.3. The van der Waals surface area contributed by atoms with Gasteiger partial charge in [-0.3, -0.25) is 9.59 Å². The van der Waals surface area contributed by atoms with Crippen molar-refractivity contribution in [1.82, 2.24) is 15.5 Å². The summed E-state index contributed by atoms with van der Waals surface area (Å²) in [5.41, 5.74) is 0.0404. The quantitative estimate of drug-likeness (QED) is 0.911. The summed E-state index contributed by atoms with van der Waals surface area (Å²) in [7, 11) is 0. The number of amides is 1. The summed E-state index contributed by atoms with van der Waals surface area (Å²) in [4.78, 5) is 24.2. The first-order chi connectivity index (χ1) is 10.7. The van der Waals surface area contributed by atoms with Gasteiger partial charge < -0.3 is 5.32 Å². The average molecular weight is 297 g/mol. The molecule has 2 saturated carbocycles. The van der Waals surface area contributed by atoms with Crippen LogP contribution in [-0.2, 0) is 0 Å². The van der Waals surface area contributed by atoms with Crippen molar-refractivity contribution in [3.63, 3.8) is 0 Å². The molecule has 2 fully saturated rings. The minimum absolute atomic E-state index is 0.199. The maximum Gasteiger partial charge on any atom is 0.272 e. The zero-order valence-electron chi connectivity index (χ0n) is 12.3. The van der Waals surface area contributed by atoms with Gasteiger partial charge in [0.25, 0.3) is 11.5 Å². The number of nitrogens with one attached hydrogen (secondary N) is 2. The van der Waals surface area contributed by atoms with Crippen LogP contribution >= 0.6 is 0 Å². The summed E-state index contributed by atoms with van der Waals surface area (Å²) >= 11 is 0. The third-order valence-corrected chi connectivity index (χ3v) is 5.32. The summed E-state index contributed by atoms with van der Waals surface area (Å²) in [5.74, 6) is 2.07. The Balaban J connectivity index is 1.53. The molecule has 22 heavy (non-hydrogen) atoms. The molecule has 3 atom stereocenters. The first-order valence-electron chi connectivity index (χ1n) is 7.98. The number of rotatable bonds is 3. The molecule has 2 aliphatic rings. The van der Waals surface area contributed by atoms with E-state index in [9.17, 15) is 9.59 Å². The Bertz CT molecular complexity index is 783. The molecule has 0 saturated heterocycles. The molecule has 1 amide bonds. The molecule has 2 N–H and O–H groups in total. The first-order valence-corrected chi connectivity index (χ1v) is 7.98. The zero-order chi connectivity index (χ0) is 15.1. The average Bonchev–Trinajstić information content (AvgIpc) is 3.16. The molecule has 1 aromatic carbocycles. The third kappa shape index (κ3) is 2.21. The number of carbonyl (C=O) groups excluding carboxylic acids is 1. The number of aromatic nitrogens is 2. The molecule has 2 bridgehead atoms. The maximum atomic E-state index is 12.4. The normalized spacial score (nSPS) is 26.5. The van der Waals surface area contributed by atoms with Crippen molar-refractivity contribution in [2.75, 3.05) is 6.54 Å². The summed E-state index contributed by atoms with van der Waals surface area (Å²) in [6.07, 6.45) is 5.25. The number of nitrogens with zero attached hydrogens (tertiary/aromatic N) is 1. The van der Waals surface area contributed by atoms with Crippen LogP contribution in [0.4, 0.5) is 0 Å². The number of hydrogen-bond donors (Lipinski definition) is 2. The van der Waals surface area contributed by atoms with E-state index in [0.717, 1.165) is 18.4 Å². The van der Waals surface area contributed by atoms with E-state index >= 15 is 0 Å². The summed E-state index contributed by atoms with van der Waals surface area (Å²) in [6, 6.07) is 7.08. The van der Waals surface area contributed by atoms with Gasteiger partial charge in [-0.2, -0.15) is 5.10 Å². The fourth-order valence-corrected chi connectivity index (χ4v) is 4.22. The molecule has 0 spiro atoms. The van der Waals surface area contributed by atoms with Crippen molar-refractivity contribution >= 4 is 16.7 Å². The molecule has 1 heterocycles. The number of carbonyl (C=O) groups is 1. The summed E-state index contributed by atoms with van der Waals surface area (Å²) < 4.78 is 0. The van der Waals surface area contributed by atoms with Crippen molar-refractivity contribution in [3.8, 4) is 0 Å². The van der Waals surface area contributed by atoms with Gasteiger partial charge in [-0.25, -0.2) is 5.10 Å². The smallest absolute Gasteiger partial charge is 0.272 e. The minimum Gasteiger partial charge on any atom is -0.350 e. The van der Waals surface area contributed by atoms with E-state index in [2.05, 4.69) is 15.5 Å². The topological polar surface area (TPSA) is 74.8 Å². The second kappa shape index (κ2) is 5.23. The Morgan fingerprint density at radius 3 is 2.77 bits per heavy atom. The minimum atomic E-state index is -0.264. The predicted octanol–water partition coefficient (Wildman–Crippen LogP) is 2.09. The van der Waals surface area contributed by atoms with E-state index in [1.807, 2.05) is 6.07 Å². The SMILES string of the molecule is O=C(NC[C@H]1C[C@H]2CC[C@@H]1C2)c1n[nH]c(=O)c2ccccc12. The summed E-state index contributed by atoms with van der Waals surface area (Å²) in [6.45, 7) is 0.717. The van der Waals surface area contributed by atoms with Gasteiger partial charge >= 0.3 is 0 Å². The highest BCUT2D eigenvalue weighted by atomic mass is 16.2. The lowest BCUT2D eigenvalue weighted by Crippen LogP contribution is -2.32. The molecule has 4 rings (SSSR count). The molecule has 0 unspecified atom stereocenters. The van der Waals surface area contributed by atoms with Crippen molar-refractivity contribution < 1.29 is 4.79 Å². The number of benzene rings is 1. The number of fused-ring (bicyclic) bond motifs is 3. The van der Waals surface area contributed by atoms with Gasteiger partial charge in [0, 0.05) is 11.9 Å². The Hall–Kier alpha value is -2.17. The molecule has 2 aromatic rings. The van der Waals surface area contributed by atoms with Crippen LogP contribution in [0.3, 0.4) is 0 Å². The molecule has 1 aromatic heterocycles. The van der Waals surface area contributed by atoms with Gasteiger partial charge in [-0.05, 0) is 43.1 Å². The molecule has 0 radical (unpaired) electrons. The lowest BCUT2D eigenvalue weighted by Gasteiger charge is -2.21. The van der Waals surface area contributed by atoms with Crippen molar-refractivity contribution in [2.45, 2.75) is 25.7 Å². The number of aromatic amines is 1. The molecule has 114 valence electrons. The van der Waals surface area contributed by atoms with Crippen LogP contribution in [0.5, 0.6) is 0 Å². The van der Waals surface area contributed by atoms with E-state index in [1.165, 1.54) is 25.7 Å². The van der Waals surface area contributed by atoms with Crippen LogP contribution < -0.4 is 10.9 Å². The van der Waals surface area contributed by atoms with Gasteiger partial charge in [0.15, 0.2) is 5.69 Å². The number of hydrogen-bond acceptors (Lipinski definition) is 3. The van der Waals surface area contributed by atoms with Crippen LogP contribution in [0.15, 0.2) is 29.1 Å². The van der Waals surface area contributed by atoms with Gasteiger partial charge in [0.2, 0.25) is 0 Å². The molecule has 5 nitrogen and oxygen atoms in total. The highest BCUT2D eigenvalue weighted by molar-refractivity contribution is 6.04. The Labute approximate surface area is 128 Å². The Kier molecular flexibility index (Phi) is 3.21. The largest absolute Gasteiger partial charge is 0.350 e. The number of H-pyrrole nitrogens is 1. The first kappa shape index (κ1) is 13.5. The Morgan fingerprint density at radius 2 is 2.05 bits per heavy atom. The fourth-order valence-electron chi connectivity index (χ4n) is 4.22.